The summed E-state index contributed by atoms with van der Waals surface area (Å²) in [5.41, 5.74) is 2.01. The van der Waals surface area contributed by atoms with E-state index in [9.17, 15) is 10.0 Å². The molecule has 13 heavy (non-hydrogen) atoms. The van der Waals surface area contributed by atoms with Gasteiger partial charge in [-0.25, -0.2) is 0 Å². The van der Waals surface area contributed by atoms with Gasteiger partial charge in [-0.3, -0.25) is 0 Å². The lowest BCUT2D eigenvalue weighted by Crippen LogP contribution is -2.45. The van der Waals surface area contributed by atoms with Crippen LogP contribution in [0.3, 0.4) is 0 Å². The molecule has 1 aromatic carbocycles. The van der Waals surface area contributed by atoms with Crippen molar-refractivity contribution in [2.24, 2.45) is 0 Å². The molecule has 1 aliphatic rings. The average molecular weight is 179 g/mol. The molecule has 0 unspecified atom stereocenters. The molecule has 0 radical (unpaired) electrons. The largest absolute Gasteiger partial charge is 0.670 e. The first-order valence-electron chi connectivity index (χ1n) is 4.46. The number of rotatable bonds is 0. The van der Waals surface area contributed by atoms with Gasteiger partial charge in [0.05, 0.1) is 5.75 Å². The SMILES string of the molecule is Cc1cccc2c1O[B-](O)(O)CC2. The Morgan fingerprint density at radius 2 is 2.15 bits per heavy atom. The Balaban J connectivity index is 2.44. The van der Waals surface area contributed by atoms with Gasteiger partial charge in [-0.05, 0) is 24.5 Å². The van der Waals surface area contributed by atoms with Gasteiger partial charge in [-0.15, -0.1) is 0 Å². The Morgan fingerprint density at radius 1 is 1.38 bits per heavy atom. The molecular formula is C9H12BO3-. The monoisotopic (exact) mass is 179 g/mol. The van der Waals surface area contributed by atoms with Gasteiger partial charge >= 0.3 is 6.75 Å². The zero-order chi connectivity index (χ0) is 9.47. The van der Waals surface area contributed by atoms with Gasteiger partial charge in [-0.2, -0.15) is 0 Å². The summed E-state index contributed by atoms with van der Waals surface area (Å²) in [6.07, 6.45) is 0.959. The Labute approximate surface area is 77.0 Å². The van der Waals surface area contributed by atoms with Gasteiger partial charge in [-0.1, -0.05) is 24.5 Å². The van der Waals surface area contributed by atoms with Crippen LogP contribution in [0.15, 0.2) is 18.2 Å². The number of para-hydroxylation sites is 1. The fraction of sp³-hybridized carbons (Fsp3) is 0.333. The molecule has 2 N–H and O–H groups in total. The van der Waals surface area contributed by atoms with Crippen LogP contribution in [-0.2, 0) is 6.42 Å². The first kappa shape index (κ1) is 8.60. The third-order valence-electron chi connectivity index (χ3n) is 2.39. The summed E-state index contributed by atoms with van der Waals surface area (Å²) in [5.74, 6) is 0.638. The van der Waals surface area contributed by atoms with Crippen molar-refractivity contribution in [3.05, 3.63) is 29.3 Å². The molecule has 0 spiro atoms. The third-order valence-corrected chi connectivity index (χ3v) is 2.39. The van der Waals surface area contributed by atoms with Crippen LogP contribution in [0, 0.1) is 6.92 Å². The highest BCUT2D eigenvalue weighted by molar-refractivity contribution is 6.58. The number of fused-ring (bicyclic) bond motifs is 1. The highest BCUT2D eigenvalue weighted by Gasteiger charge is 2.28. The fourth-order valence-corrected chi connectivity index (χ4v) is 1.67. The molecule has 3 nitrogen and oxygen atoms in total. The van der Waals surface area contributed by atoms with Gasteiger partial charge in [0.2, 0.25) is 0 Å². The first-order chi connectivity index (χ1) is 6.08. The first-order valence-corrected chi connectivity index (χ1v) is 4.46. The van der Waals surface area contributed by atoms with E-state index in [1.807, 2.05) is 25.1 Å². The molecule has 1 heterocycles. The van der Waals surface area contributed by atoms with Crippen LogP contribution in [0.4, 0.5) is 0 Å². The molecule has 1 aliphatic heterocycles. The molecule has 1 aromatic rings. The van der Waals surface area contributed by atoms with Crippen molar-refractivity contribution in [3.8, 4) is 5.75 Å². The molecule has 0 amide bonds. The highest BCUT2D eigenvalue weighted by Crippen LogP contribution is 2.31. The van der Waals surface area contributed by atoms with E-state index in [1.165, 1.54) is 0 Å². The van der Waals surface area contributed by atoms with Crippen molar-refractivity contribution >= 4 is 6.75 Å². The van der Waals surface area contributed by atoms with Crippen molar-refractivity contribution in [2.75, 3.05) is 0 Å². The van der Waals surface area contributed by atoms with Gasteiger partial charge in [0.1, 0.15) is 0 Å². The van der Waals surface area contributed by atoms with E-state index >= 15 is 0 Å². The van der Waals surface area contributed by atoms with Crippen molar-refractivity contribution in [3.63, 3.8) is 0 Å². The van der Waals surface area contributed by atoms with E-state index in [0.717, 1.165) is 11.1 Å². The second-order valence-electron chi connectivity index (χ2n) is 3.58. The maximum absolute atomic E-state index is 9.34. The van der Waals surface area contributed by atoms with E-state index in [4.69, 9.17) is 4.65 Å². The van der Waals surface area contributed by atoms with Crippen LogP contribution in [0.5, 0.6) is 5.75 Å². The third kappa shape index (κ3) is 1.55. The highest BCUT2D eigenvalue weighted by atomic mass is 16.6. The zero-order valence-corrected chi connectivity index (χ0v) is 7.53. The minimum Gasteiger partial charge on any atom is -0.670 e. The maximum Gasteiger partial charge on any atom is 0.430 e. The van der Waals surface area contributed by atoms with Crippen LogP contribution in [-0.4, -0.2) is 16.8 Å². The van der Waals surface area contributed by atoms with Crippen molar-refractivity contribution < 1.29 is 14.7 Å². The average Bonchev–Trinajstić information content (AvgIpc) is 2.06. The van der Waals surface area contributed by atoms with Crippen LogP contribution in [0.25, 0.3) is 0 Å². The minimum atomic E-state index is -2.61. The second kappa shape index (κ2) is 2.75. The normalized spacial score (nSPS) is 19.0. The van der Waals surface area contributed by atoms with E-state index in [0.29, 0.717) is 12.2 Å². The van der Waals surface area contributed by atoms with Crippen LogP contribution >= 0.6 is 0 Å². The number of aryl methyl sites for hydroxylation is 2. The predicted molar refractivity (Wildman–Crippen MR) is 50.5 cm³/mol. The van der Waals surface area contributed by atoms with E-state index in [1.54, 1.807) is 0 Å². The summed E-state index contributed by atoms with van der Waals surface area (Å²) in [5, 5.41) is 18.7. The number of hydrogen-bond donors (Lipinski definition) is 2. The Morgan fingerprint density at radius 3 is 2.92 bits per heavy atom. The Kier molecular flexibility index (Phi) is 1.82. The molecule has 0 saturated heterocycles. The van der Waals surface area contributed by atoms with Crippen molar-refractivity contribution in [2.45, 2.75) is 19.7 Å². The summed E-state index contributed by atoms with van der Waals surface area (Å²) in [6.45, 7) is -0.712. The van der Waals surface area contributed by atoms with Crippen LogP contribution < -0.4 is 4.65 Å². The van der Waals surface area contributed by atoms with E-state index < -0.39 is 6.75 Å². The lowest BCUT2D eigenvalue weighted by molar-refractivity contribution is 0.230. The topological polar surface area (TPSA) is 49.7 Å². The van der Waals surface area contributed by atoms with E-state index in [-0.39, 0.29) is 6.32 Å². The predicted octanol–water partition coefficient (Wildman–Crippen LogP) is 0.853. The van der Waals surface area contributed by atoms with Crippen LogP contribution in [0.1, 0.15) is 11.1 Å². The summed E-state index contributed by atoms with van der Waals surface area (Å²) < 4.78 is 5.12. The summed E-state index contributed by atoms with van der Waals surface area (Å²) in [4.78, 5) is 0. The van der Waals surface area contributed by atoms with E-state index in [2.05, 4.69) is 0 Å². The fourth-order valence-electron chi connectivity index (χ4n) is 1.67. The van der Waals surface area contributed by atoms with Crippen molar-refractivity contribution in [1.82, 2.24) is 0 Å². The smallest absolute Gasteiger partial charge is 0.430 e. The summed E-state index contributed by atoms with van der Waals surface area (Å²) in [7, 11) is 0. The molecule has 0 bridgehead atoms. The molecule has 0 aliphatic carbocycles. The quantitative estimate of drug-likeness (QED) is 0.580. The minimum absolute atomic E-state index is 0.288. The van der Waals surface area contributed by atoms with Gasteiger partial charge in [0, 0.05) is 0 Å². The van der Waals surface area contributed by atoms with Gasteiger partial charge < -0.3 is 14.7 Å². The molecule has 2 rings (SSSR count). The standard InChI is InChI=1S/C9H12BO3/c1-7-3-2-4-8-5-6-10(11,12)13-9(7)8/h2-4,11-12H,5-6H2,1H3/q-1. The summed E-state index contributed by atoms with van der Waals surface area (Å²) >= 11 is 0. The lowest BCUT2D eigenvalue weighted by atomic mass is 9.70. The summed E-state index contributed by atoms with van der Waals surface area (Å²) in [6, 6.07) is 5.80. The Hall–Kier alpha value is -0.995. The molecular weight excluding hydrogens is 167 g/mol. The van der Waals surface area contributed by atoms with Gasteiger partial charge in [0.15, 0.2) is 0 Å². The number of benzene rings is 1. The lowest BCUT2D eigenvalue weighted by Gasteiger charge is -2.37. The van der Waals surface area contributed by atoms with Crippen molar-refractivity contribution in [1.29, 1.82) is 0 Å². The Bertz CT molecular complexity index is 336. The molecule has 0 aromatic heterocycles. The second-order valence-corrected chi connectivity index (χ2v) is 3.58. The molecule has 0 atom stereocenters. The molecule has 4 heteroatoms. The molecule has 70 valence electrons. The molecule has 0 fully saturated rings. The maximum atomic E-state index is 9.34. The van der Waals surface area contributed by atoms with Crippen LogP contribution in [0.2, 0.25) is 6.32 Å². The number of hydrogen-bond acceptors (Lipinski definition) is 3. The zero-order valence-electron chi connectivity index (χ0n) is 7.53. The molecule has 0 saturated carbocycles. The van der Waals surface area contributed by atoms with Gasteiger partial charge in [0.25, 0.3) is 0 Å².